The molecular formula is C25H33NO9S. The molecular weight excluding hydrogens is 490 g/mol. The Bertz CT molecular complexity index is 1070. The SMILES string of the molecule is CCOC(C)O[C@H](COS(=O)(=O)c1ccc(C)cc1)CN(Cc1ccccc1)[C@@H](CC(=O)O)C(=O)O. The van der Waals surface area contributed by atoms with Gasteiger partial charge in [-0.3, -0.25) is 18.7 Å². The number of hydrogen-bond donors (Lipinski definition) is 2. The molecule has 0 spiro atoms. The van der Waals surface area contributed by atoms with E-state index in [1.807, 2.05) is 6.92 Å². The molecule has 0 saturated carbocycles. The molecule has 0 fully saturated rings. The van der Waals surface area contributed by atoms with Gasteiger partial charge in [-0.25, -0.2) is 0 Å². The Labute approximate surface area is 211 Å². The zero-order valence-electron chi connectivity index (χ0n) is 20.6. The minimum Gasteiger partial charge on any atom is -0.481 e. The zero-order chi connectivity index (χ0) is 26.7. The third-order valence-electron chi connectivity index (χ3n) is 5.26. The van der Waals surface area contributed by atoms with Crippen molar-refractivity contribution in [2.75, 3.05) is 19.8 Å². The Kier molecular flexibility index (Phi) is 11.5. The van der Waals surface area contributed by atoms with E-state index in [-0.39, 0.29) is 18.0 Å². The molecule has 3 atom stereocenters. The second kappa shape index (κ2) is 14.0. The van der Waals surface area contributed by atoms with Crippen LogP contribution >= 0.6 is 0 Å². The molecule has 0 bridgehead atoms. The molecule has 2 aromatic rings. The fraction of sp³-hybridized carbons (Fsp3) is 0.440. The summed E-state index contributed by atoms with van der Waals surface area (Å²) in [6.07, 6.45) is -2.35. The number of hydrogen-bond acceptors (Lipinski definition) is 8. The van der Waals surface area contributed by atoms with Gasteiger partial charge in [-0.1, -0.05) is 48.0 Å². The van der Waals surface area contributed by atoms with E-state index < -0.39 is 53.5 Å². The highest BCUT2D eigenvalue weighted by molar-refractivity contribution is 7.86. The molecule has 0 amide bonds. The average Bonchev–Trinajstić information content (AvgIpc) is 2.81. The quantitative estimate of drug-likeness (QED) is 0.249. The Hall–Kier alpha value is -2.83. The summed E-state index contributed by atoms with van der Waals surface area (Å²) in [4.78, 5) is 24.8. The number of nitrogens with zero attached hydrogens (tertiary/aromatic N) is 1. The monoisotopic (exact) mass is 523 g/mol. The van der Waals surface area contributed by atoms with Gasteiger partial charge in [0.05, 0.1) is 24.0 Å². The van der Waals surface area contributed by atoms with Crippen LogP contribution in [0.4, 0.5) is 0 Å². The third-order valence-corrected chi connectivity index (χ3v) is 6.56. The highest BCUT2D eigenvalue weighted by Gasteiger charge is 2.32. The number of carboxylic acid groups (broad SMARTS) is 2. The Morgan fingerprint density at radius 2 is 1.67 bits per heavy atom. The number of aliphatic carboxylic acids is 2. The standard InChI is InChI=1S/C25H33NO9S/c1-4-33-19(3)35-21(17-34-36(31,32)22-12-10-18(2)11-13-22)16-26(15-20-8-6-5-7-9-20)23(25(29)30)14-24(27)28/h5-13,19,21,23H,4,14-17H2,1-3H3,(H,27,28)(H,29,30)/t19?,21-,23-/m0/s1. The summed E-state index contributed by atoms with van der Waals surface area (Å²) < 4.78 is 42.0. The van der Waals surface area contributed by atoms with Crippen molar-refractivity contribution in [3.63, 3.8) is 0 Å². The largest absolute Gasteiger partial charge is 0.481 e. The van der Waals surface area contributed by atoms with Gasteiger partial charge < -0.3 is 19.7 Å². The second-order valence-electron chi connectivity index (χ2n) is 8.20. The van der Waals surface area contributed by atoms with Crippen molar-refractivity contribution in [1.29, 1.82) is 0 Å². The minimum atomic E-state index is -4.12. The van der Waals surface area contributed by atoms with E-state index in [0.29, 0.717) is 6.61 Å². The fourth-order valence-electron chi connectivity index (χ4n) is 3.54. The first-order valence-corrected chi connectivity index (χ1v) is 12.9. The summed E-state index contributed by atoms with van der Waals surface area (Å²) in [5, 5.41) is 19.1. The van der Waals surface area contributed by atoms with Crippen LogP contribution in [0.5, 0.6) is 0 Å². The maximum atomic E-state index is 12.7. The van der Waals surface area contributed by atoms with Crippen LogP contribution in [0.3, 0.4) is 0 Å². The Morgan fingerprint density at radius 3 is 2.22 bits per heavy atom. The summed E-state index contributed by atoms with van der Waals surface area (Å²) in [5.41, 5.74) is 1.63. The molecule has 0 aliphatic rings. The summed E-state index contributed by atoms with van der Waals surface area (Å²) in [7, 11) is -4.12. The van der Waals surface area contributed by atoms with Crippen molar-refractivity contribution in [1.82, 2.24) is 4.90 Å². The lowest BCUT2D eigenvalue weighted by Crippen LogP contribution is -2.48. The maximum Gasteiger partial charge on any atom is 0.321 e. The second-order valence-corrected chi connectivity index (χ2v) is 9.82. The first kappa shape index (κ1) is 29.4. The van der Waals surface area contributed by atoms with E-state index in [1.54, 1.807) is 56.3 Å². The van der Waals surface area contributed by atoms with Crippen molar-refractivity contribution in [3.8, 4) is 0 Å². The van der Waals surface area contributed by atoms with Crippen LogP contribution in [0.15, 0.2) is 59.5 Å². The van der Waals surface area contributed by atoms with E-state index in [1.165, 1.54) is 17.0 Å². The molecule has 0 aliphatic heterocycles. The Morgan fingerprint density at radius 1 is 1.03 bits per heavy atom. The van der Waals surface area contributed by atoms with Crippen molar-refractivity contribution in [2.24, 2.45) is 0 Å². The van der Waals surface area contributed by atoms with E-state index in [2.05, 4.69) is 0 Å². The Balaban J connectivity index is 2.30. The first-order chi connectivity index (χ1) is 17.0. The van der Waals surface area contributed by atoms with Gasteiger partial charge in [-0.2, -0.15) is 8.42 Å². The van der Waals surface area contributed by atoms with Crippen LogP contribution in [0, 0.1) is 6.92 Å². The summed E-state index contributed by atoms with van der Waals surface area (Å²) in [6.45, 7) is 5.09. The molecule has 2 aromatic carbocycles. The topological polar surface area (TPSA) is 140 Å². The number of ether oxygens (including phenoxy) is 2. The van der Waals surface area contributed by atoms with Gasteiger partial charge >= 0.3 is 11.9 Å². The van der Waals surface area contributed by atoms with Crippen molar-refractivity contribution >= 4 is 22.1 Å². The van der Waals surface area contributed by atoms with E-state index >= 15 is 0 Å². The van der Waals surface area contributed by atoms with Gasteiger partial charge in [0.25, 0.3) is 10.1 Å². The van der Waals surface area contributed by atoms with E-state index in [0.717, 1.165) is 11.1 Å². The lowest BCUT2D eigenvalue weighted by atomic mass is 10.1. The number of aryl methyl sites for hydroxylation is 1. The molecule has 0 radical (unpaired) electrons. The first-order valence-electron chi connectivity index (χ1n) is 11.5. The molecule has 11 heteroatoms. The normalized spacial score (nSPS) is 14.3. The van der Waals surface area contributed by atoms with E-state index in [9.17, 15) is 28.2 Å². The maximum absolute atomic E-state index is 12.7. The lowest BCUT2D eigenvalue weighted by molar-refractivity contribution is -0.172. The zero-order valence-corrected chi connectivity index (χ0v) is 21.4. The van der Waals surface area contributed by atoms with Crippen molar-refractivity contribution < 1.29 is 41.9 Å². The highest BCUT2D eigenvalue weighted by atomic mass is 32.2. The molecule has 2 rings (SSSR count). The van der Waals surface area contributed by atoms with Crippen LogP contribution in [-0.4, -0.2) is 73.7 Å². The van der Waals surface area contributed by atoms with Crippen LogP contribution in [0.1, 0.15) is 31.4 Å². The van der Waals surface area contributed by atoms with Crippen molar-refractivity contribution in [2.45, 2.75) is 57.1 Å². The van der Waals surface area contributed by atoms with Crippen LogP contribution in [-0.2, 0) is 39.9 Å². The fourth-order valence-corrected chi connectivity index (χ4v) is 4.47. The summed E-state index contributed by atoms with van der Waals surface area (Å²) in [6, 6.07) is 13.7. The third kappa shape index (κ3) is 9.67. The number of rotatable bonds is 16. The summed E-state index contributed by atoms with van der Waals surface area (Å²) in [5.74, 6) is -2.60. The average molecular weight is 524 g/mol. The van der Waals surface area contributed by atoms with Crippen LogP contribution in [0.25, 0.3) is 0 Å². The molecule has 0 aliphatic carbocycles. The van der Waals surface area contributed by atoms with E-state index in [4.69, 9.17) is 13.7 Å². The van der Waals surface area contributed by atoms with Gasteiger partial charge in [0, 0.05) is 19.7 Å². The molecule has 1 unspecified atom stereocenters. The van der Waals surface area contributed by atoms with Gasteiger partial charge in [-0.05, 0) is 38.5 Å². The molecule has 198 valence electrons. The predicted octanol–water partition coefficient (Wildman–Crippen LogP) is 2.90. The number of benzene rings is 2. The van der Waals surface area contributed by atoms with Crippen LogP contribution < -0.4 is 0 Å². The smallest absolute Gasteiger partial charge is 0.321 e. The molecule has 0 heterocycles. The number of carbonyl (C=O) groups is 2. The number of carboxylic acids is 2. The van der Waals surface area contributed by atoms with Crippen LogP contribution in [0.2, 0.25) is 0 Å². The molecule has 36 heavy (non-hydrogen) atoms. The van der Waals surface area contributed by atoms with Gasteiger partial charge in [0.15, 0.2) is 6.29 Å². The minimum absolute atomic E-state index is 0.0276. The van der Waals surface area contributed by atoms with Gasteiger partial charge in [0.1, 0.15) is 6.04 Å². The molecule has 0 aromatic heterocycles. The predicted molar refractivity (Wildman–Crippen MR) is 131 cm³/mol. The molecule has 2 N–H and O–H groups in total. The lowest BCUT2D eigenvalue weighted by Gasteiger charge is -2.32. The summed E-state index contributed by atoms with van der Waals surface area (Å²) >= 11 is 0. The molecule has 10 nitrogen and oxygen atoms in total. The highest BCUT2D eigenvalue weighted by Crippen LogP contribution is 2.18. The van der Waals surface area contributed by atoms with Gasteiger partial charge in [0.2, 0.25) is 0 Å². The van der Waals surface area contributed by atoms with Gasteiger partial charge in [-0.15, -0.1) is 0 Å². The van der Waals surface area contributed by atoms with Crippen molar-refractivity contribution in [3.05, 3.63) is 65.7 Å². The molecule has 0 saturated heterocycles.